The maximum atomic E-state index is 5.25. The molecule has 0 bridgehead atoms. The van der Waals surface area contributed by atoms with Crippen molar-refractivity contribution in [2.75, 3.05) is 18.6 Å². The highest BCUT2D eigenvalue weighted by atomic mass is 16.5. The van der Waals surface area contributed by atoms with Crippen LogP contribution in [0.4, 0.5) is 11.4 Å². The number of fused-ring (bicyclic) bond motifs is 1. The molecule has 1 aliphatic rings. The van der Waals surface area contributed by atoms with Crippen LogP contribution in [0.1, 0.15) is 37.3 Å². The zero-order valence-corrected chi connectivity index (χ0v) is 13.1. The largest absolute Gasteiger partial charge is 0.497 e. The minimum Gasteiger partial charge on any atom is -0.497 e. The van der Waals surface area contributed by atoms with Gasteiger partial charge in [0.2, 0.25) is 0 Å². The third-order valence-corrected chi connectivity index (χ3v) is 4.27. The number of anilines is 2. The Morgan fingerprint density at radius 3 is 2.48 bits per heavy atom. The number of benzene rings is 2. The van der Waals surface area contributed by atoms with Gasteiger partial charge in [-0.05, 0) is 60.2 Å². The summed E-state index contributed by atoms with van der Waals surface area (Å²) in [5, 5.41) is 0. The number of aryl methyl sites for hydroxylation is 1. The van der Waals surface area contributed by atoms with Crippen LogP contribution < -0.4 is 9.64 Å². The van der Waals surface area contributed by atoms with Crippen molar-refractivity contribution in [3.63, 3.8) is 0 Å². The first-order chi connectivity index (χ1) is 10.2. The Morgan fingerprint density at radius 1 is 1.05 bits per heavy atom. The predicted molar refractivity (Wildman–Crippen MR) is 88.9 cm³/mol. The number of nitrogens with zero attached hydrogens (tertiary/aromatic N) is 1. The van der Waals surface area contributed by atoms with E-state index in [1.54, 1.807) is 7.11 Å². The molecule has 110 valence electrons. The van der Waals surface area contributed by atoms with Gasteiger partial charge < -0.3 is 9.64 Å². The average Bonchev–Trinajstić information content (AvgIpc) is 2.54. The summed E-state index contributed by atoms with van der Waals surface area (Å²) in [6, 6.07) is 15.3. The molecule has 0 radical (unpaired) electrons. The van der Waals surface area contributed by atoms with Crippen molar-refractivity contribution < 1.29 is 4.74 Å². The maximum Gasteiger partial charge on any atom is 0.119 e. The molecule has 1 heterocycles. The number of hydrogen-bond acceptors (Lipinski definition) is 2. The van der Waals surface area contributed by atoms with E-state index in [-0.39, 0.29) is 0 Å². The smallest absolute Gasteiger partial charge is 0.119 e. The third kappa shape index (κ3) is 2.76. The van der Waals surface area contributed by atoms with Gasteiger partial charge in [-0.15, -0.1) is 0 Å². The molecule has 0 atom stereocenters. The van der Waals surface area contributed by atoms with Crippen LogP contribution in [0.5, 0.6) is 5.75 Å². The Balaban J connectivity index is 1.95. The SMILES string of the molecule is COc1ccc(N2CCCc3cc(C(C)C)ccc32)cc1. The lowest BCUT2D eigenvalue weighted by Crippen LogP contribution is -2.24. The zero-order valence-electron chi connectivity index (χ0n) is 13.1. The highest BCUT2D eigenvalue weighted by molar-refractivity contribution is 5.68. The van der Waals surface area contributed by atoms with Gasteiger partial charge in [-0.1, -0.05) is 26.0 Å². The van der Waals surface area contributed by atoms with E-state index in [4.69, 9.17) is 4.74 Å². The number of methoxy groups -OCH3 is 1. The molecule has 0 amide bonds. The summed E-state index contributed by atoms with van der Waals surface area (Å²) in [7, 11) is 1.71. The molecule has 21 heavy (non-hydrogen) atoms. The predicted octanol–water partition coefficient (Wildman–Crippen LogP) is 4.90. The van der Waals surface area contributed by atoms with E-state index in [0.717, 1.165) is 12.3 Å². The van der Waals surface area contributed by atoms with Crippen LogP contribution in [-0.2, 0) is 6.42 Å². The van der Waals surface area contributed by atoms with E-state index < -0.39 is 0 Å². The van der Waals surface area contributed by atoms with E-state index in [1.807, 2.05) is 12.1 Å². The van der Waals surface area contributed by atoms with Gasteiger partial charge in [0.05, 0.1) is 7.11 Å². The quantitative estimate of drug-likeness (QED) is 0.793. The Hall–Kier alpha value is -1.96. The molecule has 1 aliphatic heterocycles. The lowest BCUT2D eigenvalue weighted by molar-refractivity contribution is 0.415. The topological polar surface area (TPSA) is 12.5 Å². The normalized spacial score (nSPS) is 14.2. The Bertz CT molecular complexity index is 616. The summed E-state index contributed by atoms with van der Waals surface area (Å²) in [6.07, 6.45) is 2.39. The standard InChI is InChI=1S/C19H23NO/c1-14(2)15-6-11-19-16(13-15)5-4-12-20(19)17-7-9-18(21-3)10-8-17/h6-11,13-14H,4-5,12H2,1-3H3. The van der Waals surface area contributed by atoms with Gasteiger partial charge in [0, 0.05) is 17.9 Å². The summed E-state index contributed by atoms with van der Waals surface area (Å²) >= 11 is 0. The summed E-state index contributed by atoms with van der Waals surface area (Å²) in [4.78, 5) is 2.42. The van der Waals surface area contributed by atoms with Crippen LogP contribution in [0.2, 0.25) is 0 Å². The Labute approximate surface area is 127 Å². The van der Waals surface area contributed by atoms with Gasteiger partial charge in [0.1, 0.15) is 5.75 Å². The van der Waals surface area contributed by atoms with Gasteiger partial charge >= 0.3 is 0 Å². The van der Waals surface area contributed by atoms with E-state index in [9.17, 15) is 0 Å². The number of rotatable bonds is 3. The molecule has 0 spiro atoms. The first-order valence-electron chi connectivity index (χ1n) is 7.73. The van der Waals surface area contributed by atoms with Crippen LogP contribution in [0.3, 0.4) is 0 Å². The third-order valence-electron chi connectivity index (χ3n) is 4.27. The molecular weight excluding hydrogens is 258 g/mol. The maximum absolute atomic E-state index is 5.25. The summed E-state index contributed by atoms with van der Waals surface area (Å²) < 4.78 is 5.25. The van der Waals surface area contributed by atoms with Crippen molar-refractivity contribution in [2.24, 2.45) is 0 Å². The van der Waals surface area contributed by atoms with E-state index in [1.165, 1.54) is 35.3 Å². The molecule has 2 heteroatoms. The van der Waals surface area contributed by atoms with Crippen LogP contribution >= 0.6 is 0 Å². The minimum atomic E-state index is 0.590. The Morgan fingerprint density at radius 2 is 1.81 bits per heavy atom. The summed E-state index contributed by atoms with van der Waals surface area (Å²) in [6.45, 7) is 5.60. The second-order valence-electron chi connectivity index (χ2n) is 6.00. The molecule has 2 aromatic carbocycles. The molecule has 0 saturated carbocycles. The number of hydrogen-bond donors (Lipinski definition) is 0. The zero-order chi connectivity index (χ0) is 14.8. The summed E-state index contributed by atoms with van der Waals surface area (Å²) in [5.74, 6) is 1.50. The molecular formula is C19H23NO. The fourth-order valence-corrected chi connectivity index (χ4v) is 3.01. The number of ether oxygens (including phenoxy) is 1. The second-order valence-corrected chi connectivity index (χ2v) is 6.00. The lowest BCUT2D eigenvalue weighted by atomic mass is 9.94. The molecule has 0 unspecified atom stereocenters. The van der Waals surface area contributed by atoms with Crippen LogP contribution in [-0.4, -0.2) is 13.7 Å². The van der Waals surface area contributed by atoms with Gasteiger partial charge in [-0.2, -0.15) is 0 Å². The minimum absolute atomic E-state index is 0.590. The molecule has 3 rings (SSSR count). The highest BCUT2D eigenvalue weighted by Crippen LogP contribution is 2.35. The molecule has 0 fully saturated rings. The highest BCUT2D eigenvalue weighted by Gasteiger charge is 2.19. The average molecular weight is 281 g/mol. The van der Waals surface area contributed by atoms with Crippen molar-refractivity contribution >= 4 is 11.4 Å². The van der Waals surface area contributed by atoms with Gasteiger partial charge in [0.15, 0.2) is 0 Å². The van der Waals surface area contributed by atoms with Crippen LogP contribution in [0.25, 0.3) is 0 Å². The fourth-order valence-electron chi connectivity index (χ4n) is 3.01. The van der Waals surface area contributed by atoms with Gasteiger partial charge in [-0.3, -0.25) is 0 Å². The van der Waals surface area contributed by atoms with Crippen molar-refractivity contribution in [3.05, 3.63) is 53.6 Å². The van der Waals surface area contributed by atoms with E-state index >= 15 is 0 Å². The first kappa shape index (κ1) is 14.0. The van der Waals surface area contributed by atoms with Crippen molar-refractivity contribution in [1.82, 2.24) is 0 Å². The molecule has 2 aromatic rings. The monoisotopic (exact) mass is 281 g/mol. The van der Waals surface area contributed by atoms with Crippen LogP contribution in [0, 0.1) is 0 Å². The van der Waals surface area contributed by atoms with Crippen molar-refractivity contribution in [3.8, 4) is 5.75 Å². The van der Waals surface area contributed by atoms with Crippen molar-refractivity contribution in [2.45, 2.75) is 32.6 Å². The molecule has 0 N–H and O–H groups in total. The Kier molecular flexibility index (Phi) is 3.87. The van der Waals surface area contributed by atoms with Gasteiger partial charge in [0.25, 0.3) is 0 Å². The molecule has 0 aromatic heterocycles. The molecule has 2 nitrogen and oxygen atoms in total. The van der Waals surface area contributed by atoms with Crippen LogP contribution in [0.15, 0.2) is 42.5 Å². The summed E-state index contributed by atoms with van der Waals surface area (Å²) in [5.41, 5.74) is 5.51. The fraction of sp³-hybridized carbons (Fsp3) is 0.368. The first-order valence-corrected chi connectivity index (χ1v) is 7.73. The molecule has 0 aliphatic carbocycles. The lowest BCUT2D eigenvalue weighted by Gasteiger charge is -2.32. The second kappa shape index (κ2) is 5.80. The van der Waals surface area contributed by atoms with Crippen molar-refractivity contribution in [1.29, 1.82) is 0 Å². The van der Waals surface area contributed by atoms with E-state index in [2.05, 4.69) is 49.1 Å². The molecule has 0 saturated heterocycles. The van der Waals surface area contributed by atoms with Gasteiger partial charge in [-0.25, -0.2) is 0 Å². The van der Waals surface area contributed by atoms with E-state index in [0.29, 0.717) is 5.92 Å².